The van der Waals surface area contributed by atoms with Gasteiger partial charge in [-0.05, 0) is 48.2 Å². The third-order valence-electron chi connectivity index (χ3n) is 4.08. The number of anilines is 1. The second kappa shape index (κ2) is 7.97. The molecule has 0 saturated carbocycles. The molecule has 0 radical (unpaired) electrons. The van der Waals surface area contributed by atoms with Gasteiger partial charge >= 0.3 is 0 Å². The van der Waals surface area contributed by atoms with Crippen LogP contribution in [0.15, 0.2) is 47.4 Å². The molecule has 2 aromatic rings. The van der Waals surface area contributed by atoms with Crippen LogP contribution < -0.4 is 5.32 Å². The standard InChI is InChI=1S/C19H23FN2O3S/c1-13(2)17-7-5-6-14(3)19(17)21-18(23)12-22(4)26(24,25)16-10-8-15(20)9-11-16/h5-11,13H,12H2,1-4H3,(H,21,23). The molecule has 0 saturated heterocycles. The molecule has 0 atom stereocenters. The van der Waals surface area contributed by atoms with Gasteiger partial charge in [0.15, 0.2) is 0 Å². The average molecular weight is 378 g/mol. The summed E-state index contributed by atoms with van der Waals surface area (Å²) in [5.74, 6) is -0.745. The molecule has 140 valence electrons. The maximum atomic E-state index is 13.0. The average Bonchev–Trinajstić information content (AvgIpc) is 2.56. The van der Waals surface area contributed by atoms with E-state index >= 15 is 0 Å². The highest BCUT2D eigenvalue weighted by Gasteiger charge is 2.23. The van der Waals surface area contributed by atoms with E-state index in [2.05, 4.69) is 5.32 Å². The molecule has 0 fully saturated rings. The molecule has 0 aliphatic carbocycles. The topological polar surface area (TPSA) is 66.5 Å². The monoisotopic (exact) mass is 378 g/mol. The highest BCUT2D eigenvalue weighted by atomic mass is 32.2. The Hall–Kier alpha value is -2.25. The Morgan fingerprint density at radius 2 is 1.77 bits per heavy atom. The van der Waals surface area contributed by atoms with Crippen molar-refractivity contribution in [2.45, 2.75) is 31.6 Å². The predicted molar refractivity (Wildman–Crippen MR) is 100 cm³/mol. The number of aryl methyl sites for hydroxylation is 1. The predicted octanol–water partition coefficient (Wildman–Crippen LogP) is 3.52. The third-order valence-corrected chi connectivity index (χ3v) is 5.90. The minimum Gasteiger partial charge on any atom is -0.324 e. The second-order valence-electron chi connectivity index (χ2n) is 6.46. The Morgan fingerprint density at radius 1 is 1.15 bits per heavy atom. The summed E-state index contributed by atoms with van der Waals surface area (Å²) < 4.78 is 38.9. The molecule has 0 aromatic heterocycles. The van der Waals surface area contributed by atoms with E-state index in [-0.39, 0.29) is 17.4 Å². The summed E-state index contributed by atoms with van der Waals surface area (Å²) in [7, 11) is -2.55. The molecule has 1 amide bonds. The lowest BCUT2D eigenvalue weighted by Crippen LogP contribution is -2.35. The zero-order valence-electron chi connectivity index (χ0n) is 15.3. The SMILES string of the molecule is Cc1cccc(C(C)C)c1NC(=O)CN(C)S(=O)(=O)c1ccc(F)cc1. The van der Waals surface area contributed by atoms with E-state index in [4.69, 9.17) is 0 Å². The minimum atomic E-state index is -3.87. The van der Waals surface area contributed by atoms with Crippen LogP contribution in [0.25, 0.3) is 0 Å². The Kier molecular flexibility index (Phi) is 6.15. The number of nitrogens with one attached hydrogen (secondary N) is 1. The number of para-hydroxylation sites is 1. The van der Waals surface area contributed by atoms with Crippen LogP contribution in [0, 0.1) is 12.7 Å². The molecule has 2 rings (SSSR count). The summed E-state index contributed by atoms with van der Waals surface area (Å²) in [4.78, 5) is 12.3. The zero-order chi connectivity index (χ0) is 19.5. The lowest BCUT2D eigenvalue weighted by molar-refractivity contribution is -0.116. The van der Waals surface area contributed by atoms with Crippen LogP contribution in [0.2, 0.25) is 0 Å². The number of carbonyl (C=O) groups is 1. The largest absolute Gasteiger partial charge is 0.324 e. The number of sulfonamides is 1. The van der Waals surface area contributed by atoms with E-state index in [1.807, 2.05) is 39.0 Å². The number of hydrogen-bond donors (Lipinski definition) is 1. The molecule has 0 aliphatic heterocycles. The molecule has 5 nitrogen and oxygen atoms in total. The van der Waals surface area contributed by atoms with E-state index in [0.29, 0.717) is 5.69 Å². The van der Waals surface area contributed by atoms with E-state index in [1.54, 1.807) is 0 Å². The minimum absolute atomic E-state index is 0.0621. The van der Waals surface area contributed by atoms with Crippen molar-refractivity contribution in [3.8, 4) is 0 Å². The van der Waals surface area contributed by atoms with Crippen LogP contribution in [-0.4, -0.2) is 32.2 Å². The molecule has 0 heterocycles. The maximum absolute atomic E-state index is 13.0. The normalized spacial score (nSPS) is 11.8. The van der Waals surface area contributed by atoms with Crippen molar-refractivity contribution < 1.29 is 17.6 Å². The molecular weight excluding hydrogens is 355 g/mol. The fourth-order valence-electron chi connectivity index (χ4n) is 2.60. The number of nitrogens with zero attached hydrogens (tertiary/aromatic N) is 1. The maximum Gasteiger partial charge on any atom is 0.243 e. The van der Waals surface area contributed by atoms with Crippen molar-refractivity contribution in [1.82, 2.24) is 4.31 Å². The third kappa shape index (κ3) is 4.47. The first-order valence-corrected chi connectivity index (χ1v) is 9.68. The quantitative estimate of drug-likeness (QED) is 0.836. The number of carbonyl (C=O) groups excluding carboxylic acids is 1. The van der Waals surface area contributed by atoms with E-state index < -0.39 is 21.7 Å². The summed E-state index contributed by atoms with van der Waals surface area (Å²) in [6, 6.07) is 10.2. The number of halogens is 1. The Labute approximate surface area is 153 Å². The summed E-state index contributed by atoms with van der Waals surface area (Å²) in [5.41, 5.74) is 2.61. The van der Waals surface area contributed by atoms with Gasteiger partial charge in [-0.2, -0.15) is 4.31 Å². The van der Waals surface area contributed by atoms with Crippen LogP contribution in [0.5, 0.6) is 0 Å². The lowest BCUT2D eigenvalue weighted by atomic mass is 9.98. The summed E-state index contributed by atoms with van der Waals surface area (Å²) in [6.45, 7) is 5.59. The Morgan fingerprint density at radius 3 is 2.35 bits per heavy atom. The van der Waals surface area contributed by atoms with Gasteiger partial charge in [0.05, 0.1) is 11.4 Å². The van der Waals surface area contributed by atoms with Gasteiger partial charge in [0.25, 0.3) is 0 Å². The van der Waals surface area contributed by atoms with E-state index in [0.717, 1.165) is 27.6 Å². The molecule has 0 bridgehead atoms. The summed E-state index contributed by atoms with van der Waals surface area (Å²) in [5, 5.41) is 2.82. The Bertz CT molecular complexity index is 894. The van der Waals surface area contributed by atoms with Crippen LogP contribution in [0.4, 0.5) is 10.1 Å². The van der Waals surface area contributed by atoms with Crippen LogP contribution in [0.1, 0.15) is 30.9 Å². The first-order chi connectivity index (χ1) is 12.1. The Balaban J connectivity index is 2.16. The van der Waals surface area contributed by atoms with Crippen molar-refractivity contribution >= 4 is 21.6 Å². The zero-order valence-corrected chi connectivity index (χ0v) is 16.1. The van der Waals surface area contributed by atoms with Crippen LogP contribution in [0.3, 0.4) is 0 Å². The molecule has 2 aromatic carbocycles. The lowest BCUT2D eigenvalue weighted by Gasteiger charge is -2.19. The fourth-order valence-corrected chi connectivity index (χ4v) is 3.72. The van der Waals surface area contributed by atoms with Crippen molar-refractivity contribution in [3.05, 3.63) is 59.4 Å². The molecule has 0 aliphatic rings. The number of amides is 1. The first-order valence-electron chi connectivity index (χ1n) is 8.24. The summed E-state index contributed by atoms with van der Waals surface area (Å²) >= 11 is 0. The highest BCUT2D eigenvalue weighted by molar-refractivity contribution is 7.89. The molecule has 0 unspecified atom stereocenters. The number of hydrogen-bond acceptors (Lipinski definition) is 3. The molecule has 7 heteroatoms. The number of likely N-dealkylation sites (N-methyl/N-ethyl adjacent to an activating group) is 1. The molecular formula is C19H23FN2O3S. The summed E-state index contributed by atoms with van der Waals surface area (Å²) in [6.07, 6.45) is 0. The fraction of sp³-hybridized carbons (Fsp3) is 0.316. The van der Waals surface area contributed by atoms with Gasteiger partial charge in [-0.3, -0.25) is 4.79 Å². The first kappa shape index (κ1) is 20.1. The van der Waals surface area contributed by atoms with Crippen molar-refractivity contribution in [2.75, 3.05) is 18.9 Å². The van der Waals surface area contributed by atoms with Gasteiger partial charge in [-0.25, -0.2) is 12.8 Å². The highest BCUT2D eigenvalue weighted by Crippen LogP contribution is 2.27. The smallest absolute Gasteiger partial charge is 0.243 e. The molecule has 26 heavy (non-hydrogen) atoms. The van der Waals surface area contributed by atoms with E-state index in [1.165, 1.54) is 19.2 Å². The van der Waals surface area contributed by atoms with Gasteiger partial charge < -0.3 is 5.32 Å². The molecule has 1 N–H and O–H groups in total. The van der Waals surface area contributed by atoms with Gasteiger partial charge in [0, 0.05) is 12.7 Å². The van der Waals surface area contributed by atoms with Gasteiger partial charge in [0.2, 0.25) is 15.9 Å². The molecule has 0 spiro atoms. The second-order valence-corrected chi connectivity index (χ2v) is 8.50. The number of benzene rings is 2. The van der Waals surface area contributed by atoms with Crippen LogP contribution >= 0.6 is 0 Å². The van der Waals surface area contributed by atoms with Crippen molar-refractivity contribution in [2.24, 2.45) is 0 Å². The van der Waals surface area contributed by atoms with Gasteiger partial charge in [-0.1, -0.05) is 32.0 Å². The van der Waals surface area contributed by atoms with Crippen molar-refractivity contribution in [1.29, 1.82) is 0 Å². The van der Waals surface area contributed by atoms with Crippen molar-refractivity contribution in [3.63, 3.8) is 0 Å². The van der Waals surface area contributed by atoms with Gasteiger partial charge in [-0.15, -0.1) is 0 Å². The van der Waals surface area contributed by atoms with Crippen LogP contribution in [-0.2, 0) is 14.8 Å². The van der Waals surface area contributed by atoms with E-state index in [9.17, 15) is 17.6 Å². The number of rotatable bonds is 6. The van der Waals surface area contributed by atoms with Gasteiger partial charge in [0.1, 0.15) is 5.82 Å².